The number of hydrogen-bond donors (Lipinski definition) is 13. The Kier molecular flexibility index (Phi) is 17.5. The van der Waals surface area contributed by atoms with Gasteiger partial charge >= 0.3 is 43.1 Å². The Bertz CT molecular complexity index is 2070. The first kappa shape index (κ1) is 53.2. The number of rotatable bonds is 18. The zero-order chi connectivity index (χ0) is 48.4. The average Bonchev–Trinajstić information content (AvgIpc) is 3.14. The van der Waals surface area contributed by atoms with Crippen LogP contribution in [0.1, 0.15) is 13.8 Å². The molecule has 33 nitrogen and oxygen atoms in total. The molecular formula is C28H42N2O31S3. The van der Waals surface area contributed by atoms with Gasteiger partial charge in [0.25, 0.3) is 0 Å². The number of amides is 2. The Morgan fingerprint density at radius 2 is 1.16 bits per heavy atom. The van der Waals surface area contributed by atoms with Crippen LogP contribution in [0.15, 0.2) is 11.8 Å². The zero-order valence-corrected chi connectivity index (χ0v) is 34.6. The van der Waals surface area contributed by atoms with E-state index in [1.807, 2.05) is 0 Å². The van der Waals surface area contributed by atoms with Crippen molar-refractivity contribution in [2.75, 3.05) is 13.2 Å². The van der Waals surface area contributed by atoms with Gasteiger partial charge in [0.2, 0.25) is 23.9 Å². The highest BCUT2D eigenvalue weighted by molar-refractivity contribution is 7.81. The molecule has 0 aromatic rings. The van der Waals surface area contributed by atoms with Crippen molar-refractivity contribution in [1.82, 2.24) is 10.6 Å². The normalized spacial score (nSPS) is 38.6. The van der Waals surface area contributed by atoms with Crippen LogP contribution < -0.4 is 10.6 Å². The molecule has 3 saturated heterocycles. The van der Waals surface area contributed by atoms with Gasteiger partial charge in [0.1, 0.15) is 79.2 Å². The van der Waals surface area contributed by atoms with E-state index in [-0.39, 0.29) is 0 Å². The number of aliphatic hydroxyl groups excluding tert-OH is 6. The van der Waals surface area contributed by atoms with Gasteiger partial charge in [-0.15, -0.1) is 0 Å². The Morgan fingerprint density at radius 1 is 0.641 bits per heavy atom. The minimum Gasteiger partial charge on any atom is -0.479 e. The number of carbonyl (C=O) groups is 4. The third-order valence-electron chi connectivity index (χ3n) is 9.14. The number of aliphatic carboxylic acids is 2. The second-order valence-corrected chi connectivity index (χ2v) is 17.0. The van der Waals surface area contributed by atoms with Crippen LogP contribution >= 0.6 is 0 Å². The van der Waals surface area contributed by atoms with Crippen LogP contribution in [0.2, 0.25) is 0 Å². The van der Waals surface area contributed by atoms with Gasteiger partial charge in [0, 0.05) is 13.8 Å². The summed E-state index contributed by atoms with van der Waals surface area (Å²) in [6, 6.07) is -4.21. The topological polar surface area (TPSA) is 510 Å². The van der Waals surface area contributed by atoms with Gasteiger partial charge in [-0.05, 0) is 6.08 Å². The fourth-order valence-corrected chi connectivity index (χ4v) is 7.96. The molecule has 2 amide bonds. The maximum absolute atomic E-state index is 12.7. The molecule has 0 aliphatic carbocycles. The van der Waals surface area contributed by atoms with E-state index in [0.717, 1.165) is 13.8 Å². The minimum atomic E-state index is -5.76. The Morgan fingerprint density at radius 3 is 1.66 bits per heavy atom. The van der Waals surface area contributed by atoms with Gasteiger partial charge in [-0.2, -0.15) is 25.3 Å². The van der Waals surface area contributed by atoms with Crippen LogP contribution in [0.3, 0.4) is 0 Å². The summed E-state index contributed by atoms with van der Waals surface area (Å²) in [5, 5.41) is 87.8. The van der Waals surface area contributed by atoms with Gasteiger partial charge in [-0.25, -0.2) is 22.1 Å². The number of aliphatic hydroxyl groups is 6. The molecule has 3 fully saturated rings. The summed E-state index contributed by atoms with van der Waals surface area (Å²) in [5.74, 6) is -7.21. The summed E-state index contributed by atoms with van der Waals surface area (Å²) in [6.45, 7) is -1.11. The molecule has 0 aromatic carbocycles. The highest BCUT2D eigenvalue weighted by atomic mass is 32.3. The molecule has 0 bridgehead atoms. The van der Waals surface area contributed by atoms with Crippen molar-refractivity contribution in [3.05, 3.63) is 11.8 Å². The maximum atomic E-state index is 12.7. The first-order valence-electron chi connectivity index (χ1n) is 17.7. The monoisotopic (exact) mass is 998 g/mol. The molecule has 36 heteroatoms. The smallest absolute Gasteiger partial charge is 0.397 e. The maximum Gasteiger partial charge on any atom is 0.397 e. The fourth-order valence-electron chi connectivity index (χ4n) is 6.63. The van der Waals surface area contributed by atoms with Crippen LogP contribution in [-0.4, -0.2) is 227 Å². The summed E-state index contributed by atoms with van der Waals surface area (Å²) < 4.78 is 150. The Balaban J connectivity index is 1.79. The third kappa shape index (κ3) is 13.8. The highest BCUT2D eigenvalue weighted by Crippen LogP contribution is 2.36. The molecular weight excluding hydrogens is 956 g/mol. The molecule has 18 atom stereocenters. The van der Waals surface area contributed by atoms with Crippen LogP contribution in [0, 0.1) is 0 Å². The highest BCUT2D eigenvalue weighted by Gasteiger charge is 2.58. The van der Waals surface area contributed by atoms with Gasteiger partial charge in [-0.1, -0.05) is 0 Å². The predicted octanol–water partition coefficient (Wildman–Crippen LogP) is -8.64. The molecule has 4 heterocycles. The minimum absolute atomic E-state index is 0.485. The number of hydrogen-bond acceptors (Lipinski definition) is 26. The lowest BCUT2D eigenvalue weighted by Gasteiger charge is -2.49. The third-order valence-corrected chi connectivity index (χ3v) is 10.5. The molecule has 0 aromatic heterocycles. The quantitative estimate of drug-likeness (QED) is 0.0567. The van der Waals surface area contributed by atoms with Crippen LogP contribution in [0.25, 0.3) is 0 Å². The number of ether oxygens (including phenoxy) is 7. The molecule has 0 saturated carbocycles. The van der Waals surface area contributed by atoms with E-state index in [1.165, 1.54) is 0 Å². The predicted molar refractivity (Wildman–Crippen MR) is 188 cm³/mol. The largest absolute Gasteiger partial charge is 0.479 e. The van der Waals surface area contributed by atoms with Crippen LogP contribution in [0.5, 0.6) is 0 Å². The van der Waals surface area contributed by atoms with Crippen molar-refractivity contribution in [2.45, 2.75) is 124 Å². The number of nitrogens with one attached hydrogen (secondary N) is 2. The molecule has 4 rings (SSSR count). The van der Waals surface area contributed by atoms with Gasteiger partial charge in [0.15, 0.2) is 25.0 Å². The summed E-state index contributed by atoms with van der Waals surface area (Å²) in [4.78, 5) is 49.0. The lowest BCUT2D eigenvalue weighted by Crippen LogP contribution is -2.70. The number of carboxylic acid groups (broad SMARTS) is 2. The average molecular weight is 999 g/mol. The summed E-state index contributed by atoms with van der Waals surface area (Å²) in [6.07, 6.45) is -37.8. The van der Waals surface area contributed by atoms with Gasteiger partial charge < -0.3 is 84.6 Å². The zero-order valence-electron chi connectivity index (χ0n) is 32.2. The van der Waals surface area contributed by atoms with Crippen molar-refractivity contribution < 1.29 is 145 Å². The van der Waals surface area contributed by atoms with Crippen LogP contribution in [0.4, 0.5) is 0 Å². The van der Waals surface area contributed by atoms with Crippen molar-refractivity contribution in [3.63, 3.8) is 0 Å². The van der Waals surface area contributed by atoms with Crippen molar-refractivity contribution in [2.24, 2.45) is 0 Å². The van der Waals surface area contributed by atoms with E-state index in [0.29, 0.717) is 6.08 Å². The van der Waals surface area contributed by atoms with Gasteiger partial charge in [-0.3, -0.25) is 23.2 Å². The van der Waals surface area contributed by atoms with E-state index in [9.17, 15) is 98.9 Å². The van der Waals surface area contributed by atoms with Crippen molar-refractivity contribution in [3.8, 4) is 0 Å². The molecule has 18 unspecified atom stereocenters. The van der Waals surface area contributed by atoms with Crippen molar-refractivity contribution >= 4 is 54.9 Å². The molecule has 4 aliphatic heterocycles. The fraction of sp³-hybridized carbons (Fsp3) is 0.786. The molecule has 64 heavy (non-hydrogen) atoms. The molecule has 0 spiro atoms. The number of carboxylic acids is 2. The van der Waals surface area contributed by atoms with Crippen LogP contribution in [-0.2, 0) is 96.1 Å². The summed E-state index contributed by atoms with van der Waals surface area (Å²) in [5.41, 5.74) is 0. The summed E-state index contributed by atoms with van der Waals surface area (Å²) in [7, 11) is -16.8. The molecule has 0 radical (unpaired) electrons. The first-order chi connectivity index (χ1) is 29.4. The van der Waals surface area contributed by atoms with Gasteiger partial charge in [0.05, 0.1) is 13.2 Å². The second kappa shape index (κ2) is 21.0. The van der Waals surface area contributed by atoms with E-state index < -0.39 is 184 Å². The van der Waals surface area contributed by atoms with E-state index in [1.54, 1.807) is 0 Å². The Labute approximate surface area is 359 Å². The molecule has 4 aliphatic rings. The lowest BCUT2D eigenvalue weighted by atomic mass is 9.94. The van der Waals surface area contributed by atoms with E-state index in [2.05, 4.69) is 23.2 Å². The Hall–Kier alpha value is -3.45. The molecule has 368 valence electrons. The summed E-state index contributed by atoms with van der Waals surface area (Å²) >= 11 is 0. The number of carbonyl (C=O) groups excluding carboxylic acids is 2. The lowest BCUT2D eigenvalue weighted by molar-refractivity contribution is -0.361. The molecule has 13 N–H and O–H groups in total. The first-order valence-corrected chi connectivity index (χ1v) is 21.8. The second-order valence-electron chi connectivity index (χ2n) is 13.8. The standard InChI is InChI=1S/C28H42N2O31S3/c1-6(32)29-12-19(17(60-63(46,47)48)10(4-31)53-25(12)42)56-28-16(37)15(36)21(22(59-28)24(40)41)58-26-13(30-7(2)33)20(57-27-14(35)8(34)3-9(54-27)23(38)39)18(61-64(49,50)51)11(55-26)5-52-62(43,44)45/h3,8,10-22,25-28,31,34-37,42H,4-5H2,1-2H3,(H,29,32)(H,30,33)(H,38,39)(H,40,41)(H,43,44,45)(H,46,47,48)(H,49,50,51). The SMILES string of the molecule is CC(=O)NC1C(O)OC(CO)C(OS(=O)(=O)O)C1OC1OC(C(=O)O)C(OC2OC(COS(=O)(=O)O)C(OS(=O)(=O)O)C(OC3OC(C(=O)O)=CC(O)C3O)C2NC(C)=O)C(O)C1O. The van der Waals surface area contributed by atoms with E-state index in [4.69, 9.17) is 33.2 Å². The van der Waals surface area contributed by atoms with Crippen molar-refractivity contribution in [1.29, 1.82) is 0 Å². The van der Waals surface area contributed by atoms with E-state index >= 15 is 0 Å².